The Morgan fingerprint density at radius 3 is 2.77 bits per heavy atom. The molecule has 0 fully saturated rings. The summed E-state index contributed by atoms with van der Waals surface area (Å²) in [6, 6.07) is 7.69. The molecule has 1 aromatic carbocycles. The Morgan fingerprint density at radius 2 is 2.00 bits per heavy atom. The van der Waals surface area contributed by atoms with Crippen molar-refractivity contribution in [3.8, 4) is 0 Å². The summed E-state index contributed by atoms with van der Waals surface area (Å²) in [5.74, 6) is 0.712. The van der Waals surface area contributed by atoms with Crippen LogP contribution in [0.2, 0.25) is 5.15 Å². The number of rotatable bonds is 1. The van der Waals surface area contributed by atoms with E-state index in [1.165, 1.54) is 0 Å². The second kappa shape index (κ2) is 3.60. The molecule has 0 atom stereocenters. The van der Waals surface area contributed by atoms with Crippen LogP contribution in [-0.4, -0.2) is 9.97 Å². The van der Waals surface area contributed by atoms with E-state index in [0.29, 0.717) is 16.3 Å². The van der Waals surface area contributed by atoms with Crippen LogP contribution < -0.4 is 0 Å². The highest BCUT2D eigenvalue weighted by molar-refractivity contribution is 9.08. The van der Waals surface area contributed by atoms with Gasteiger partial charge in [0.25, 0.3) is 0 Å². The summed E-state index contributed by atoms with van der Waals surface area (Å²) in [5.41, 5.74) is 0.886. The number of aromatic nitrogens is 2. The fourth-order valence-electron chi connectivity index (χ4n) is 1.14. The fraction of sp³-hybridized carbons (Fsp3) is 0.111. The molecule has 0 aliphatic carbocycles. The van der Waals surface area contributed by atoms with Gasteiger partial charge in [-0.2, -0.15) is 0 Å². The van der Waals surface area contributed by atoms with Gasteiger partial charge in [-0.25, -0.2) is 9.97 Å². The quantitative estimate of drug-likeness (QED) is 0.579. The lowest BCUT2D eigenvalue weighted by atomic mass is 10.2. The Bertz CT molecular complexity index is 445. The highest BCUT2D eigenvalue weighted by atomic mass is 79.9. The molecule has 13 heavy (non-hydrogen) atoms. The van der Waals surface area contributed by atoms with Crippen molar-refractivity contribution in [2.75, 3.05) is 0 Å². The van der Waals surface area contributed by atoms with Crippen LogP contribution in [0.4, 0.5) is 0 Å². The van der Waals surface area contributed by atoms with Gasteiger partial charge in [-0.05, 0) is 12.1 Å². The molecule has 0 saturated heterocycles. The Labute approximate surface area is 89.1 Å². The summed E-state index contributed by atoms with van der Waals surface area (Å²) in [4.78, 5) is 8.44. The van der Waals surface area contributed by atoms with E-state index in [9.17, 15) is 0 Å². The van der Waals surface area contributed by atoms with E-state index in [-0.39, 0.29) is 0 Å². The molecule has 4 heteroatoms. The largest absolute Gasteiger partial charge is 0.232 e. The monoisotopic (exact) mass is 256 g/mol. The standard InChI is InChI=1S/C9H6BrClN2/c10-5-8-12-7-4-2-1-3-6(7)9(11)13-8/h1-4H,5H2. The van der Waals surface area contributed by atoms with E-state index >= 15 is 0 Å². The van der Waals surface area contributed by atoms with Gasteiger partial charge >= 0.3 is 0 Å². The van der Waals surface area contributed by atoms with Crippen LogP contribution >= 0.6 is 27.5 Å². The molecule has 0 radical (unpaired) electrons. The van der Waals surface area contributed by atoms with Crippen LogP contribution in [0.5, 0.6) is 0 Å². The predicted octanol–water partition coefficient (Wildman–Crippen LogP) is 3.18. The highest BCUT2D eigenvalue weighted by Crippen LogP contribution is 2.20. The SMILES string of the molecule is Clc1nc(CBr)nc2ccccc12. The van der Waals surface area contributed by atoms with Crippen LogP contribution in [0.3, 0.4) is 0 Å². The molecule has 2 rings (SSSR count). The Balaban J connectivity index is 2.77. The van der Waals surface area contributed by atoms with Gasteiger partial charge in [-0.1, -0.05) is 39.7 Å². The van der Waals surface area contributed by atoms with Gasteiger partial charge < -0.3 is 0 Å². The minimum Gasteiger partial charge on any atom is -0.232 e. The van der Waals surface area contributed by atoms with Crippen LogP contribution in [0, 0.1) is 0 Å². The maximum Gasteiger partial charge on any atom is 0.141 e. The van der Waals surface area contributed by atoms with Crippen LogP contribution in [0.1, 0.15) is 5.82 Å². The molecule has 66 valence electrons. The van der Waals surface area contributed by atoms with Gasteiger partial charge in [0.2, 0.25) is 0 Å². The summed E-state index contributed by atoms with van der Waals surface area (Å²) >= 11 is 9.26. The topological polar surface area (TPSA) is 25.8 Å². The molecule has 0 unspecified atom stereocenters. The molecule has 0 aliphatic rings. The first-order valence-corrected chi connectivity index (χ1v) is 5.28. The molecule has 0 saturated carbocycles. The van der Waals surface area contributed by atoms with Crippen molar-refractivity contribution in [3.05, 3.63) is 35.2 Å². The first-order valence-electron chi connectivity index (χ1n) is 3.78. The summed E-state index contributed by atoms with van der Waals surface area (Å²) < 4.78 is 0. The summed E-state index contributed by atoms with van der Waals surface area (Å²) in [5, 5.41) is 2.03. The van der Waals surface area contributed by atoms with Crippen molar-refractivity contribution in [2.24, 2.45) is 0 Å². The van der Waals surface area contributed by atoms with E-state index in [0.717, 1.165) is 10.9 Å². The minimum atomic E-state index is 0.514. The van der Waals surface area contributed by atoms with Crippen molar-refractivity contribution < 1.29 is 0 Å². The summed E-state index contributed by atoms with van der Waals surface area (Å²) in [6.07, 6.45) is 0. The molecule has 2 aromatic rings. The zero-order valence-electron chi connectivity index (χ0n) is 6.67. The maximum absolute atomic E-state index is 5.97. The Morgan fingerprint density at radius 1 is 1.23 bits per heavy atom. The van der Waals surface area contributed by atoms with E-state index in [1.54, 1.807) is 0 Å². The lowest BCUT2D eigenvalue weighted by Gasteiger charge is -2.00. The fourth-order valence-corrected chi connectivity index (χ4v) is 1.65. The molecule has 2 nitrogen and oxygen atoms in total. The molecule has 0 spiro atoms. The lowest BCUT2D eigenvalue weighted by Crippen LogP contribution is -1.92. The second-order valence-electron chi connectivity index (χ2n) is 2.58. The van der Waals surface area contributed by atoms with Crippen molar-refractivity contribution in [1.29, 1.82) is 0 Å². The van der Waals surface area contributed by atoms with E-state index in [1.807, 2.05) is 24.3 Å². The number of fused-ring (bicyclic) bond motifs is 1. The molecule has 0 amide bonds. The summed E-state index contributed by atoms with van der Waals surface area (Å²) in [6.45, 7) is 0. The van der Waals surface area contributed by atoms with Gasteiger partial charge in [-0.15, -0.1) is 0 Å². The first kappa shape index (κ1) is 8.91. The zero-order chi connectivity index (χ0) is 9.26. The van der Waals surface area contributed by atoms with Gasteiger partial charge in [0.05, 0.1) is 10.8 Å². The first-order chi connectivity index (χ1) is 6.31. The van der Waals surface area contributed by atoms with Crippen molar-refractivity contribution in [2.45, 2.75) is 5.33 Å². The Kier molecular flexibility index (Phi) is 2.47. The number of hydrogen-bond donors (Lipinski definition) is 0. The third-order valence-electron chi connectivity index (χ3n) is 1.72. The Hall–Kier alpha value is -0.670. The molecule has 0 bridgehead atoms. The summed E-state index contributed by atoms with van der Waals surface area (Å²) in [7, 11) is 0. The van der Waals surface area contributed by atoms with Crippen molar-refractivity contribution in [3.63, 3.8) is 0 Å². The molecular weight excluding hydrogens is 251 g/mol. The van der Waals surface area contributed by atoms with Crippen LogP contribution in [0.15, 0.2) is 24.3 Å². The number of nitrogens with zero attached hydrogens (tertiary/aromatic N) is 2. The van der Waals surface area contributed by atoms with E-state index in [4.69, 9.17) is 11.6 Å². The van der Waals surface area contributed by atoms with E-state index in [2.05, 4.69) is 25.9 Å². The smallest absolute Gasteiger partial charge is 0.141 e. The number of halogens is 2. The number of benzene rings is 1. The molecule has 0 N–H and O–H groups in total. The molecule has 1 aromatic heterocycles. The highest BCUT2D eigenvalue weighted by Gasteiger charge is 2.03. The number of para-hydroxylation sites is 1. The maximum atomic E-state index is 5.97. The predicted molar refractivity (Wildman–Crippen MR) is 57.2 cm³/mol. The average Bonchev–Trinajstić information content (AvgIpc) is 2.18. The van der Waals surface area contributed by atoms with Gasteiger partial charge in [-0.3, -0.25) is 0 Å². The second-order valence-corrected chi connectivity index (χ2v) is 3.50. The minimum absolute atomic E-state index is 0.514. The van der Waals surface area contributed by atoms with Gasteiger partial charge in [0, 0.05) is 5.39 Å². The lowest BCUT2D eigenvalue weighted by molar-refractivity contribution is 1.08. The molecule has 1 heterocycles. The number of alkyl halides is 1. The number of hydrogen-bond acceptors (Lipinski definition) is 2. The van der Waals surface area contributed by atoms with Gasteiger partial charge in [0.15, 0.2) is 0 Å². The van der Waals surface area contributed by atoms with Crippen LogP contribution in [-0.2, 0) is 5.33 Å². The third kappa shape index (κ3) is 1.67. The normalized spacial score (nSPS) is 10.6. The van der Waals surface area contributed by atoms with Crippen molar-refractivity contribution in [1.82, 2.24) is 9.97 Å². The van der Waals surface area contributed by atoms with Crippen LogP contribution in [0.25, 0.3) is 10.9 Å². The molecule has 0 aliphatic heterocycles. The average molecular weight is 258 g/mol. The third-order valence-corrected chi connectivity index (χ3v) is 2.51. The van der Waals surface area contributed by atoms with Crippen molar-refractivity contribution >= 4 is 38.4 Å². The van der Waals surface area contributed by atoms with Gasteiger partial charge in [0.1, 0.15) is 11.0 Å². The zero-order valence-corrected chi connectivity index (χ0v) is 9.01. The van der Waals surface area contributed by atoms with E-state index < -0.39 is 0 Å². The molecular formula is C9H6BrClN2.